The van der Waals surface area contributed by atoms with Gasteiger partial charge in [0.1, 0.15) is 5.82 Å². The Balaban J connectivity index is 1.47. The van der Waals surface area contributed by atoms with Gasteiger partial charge in [-0.3, -0.25) is 0 Å². The molecule has 2 bridgehead atoms. The molecule has 1 aliphatic heterocycles. The maximum absolute atomic E-state index is 13.5. The lowest BCUT2D eigenvalue weighted by Crippen LogP contribution is -2.56. The molecule has 2 heterocycles. The second-order valence-electron chi connectivity index (χ2n) is 10.3. The van der Waals surface area contributed by atoms with Crippen molar-refractivity contribution in [2.24, 2.45) is 16.7 Å². The van der Waals surface area contributed by atoms with Gasteiger partial charge in [-0.15, -0.1) is 0 Å². The molecule has 1 aromatic heterocycles. The standard InChI is InChI=1S/C21H31F3N4O4S2/c1-19(2)15-6-7-20(19,17(12-15)26-33(3,29)30)14-34(31,32)28-10-8-27(9-11-28)18-5-4-16(13-25-18)21(22,23)24/h4-5,13,15,17,26H,6-12,14H2,1-3H3/t15-,17?,20-/m1/s1. The van der Waals surface area contributed by atoms with E-state index in [1.54, 1.807) is 4.90 Å². The molecule has 0 aromatic carbocycles. The molecule has 1 N–H and O–H groups in total. The Kier molecular flexibility index (Phi) is 6.27. The van der Waals surface area contributed by atoms with Crippen LogP contribution in [-0.2, 0) is 26.2 Å². The molecule has 4 rings (SSSR count). The minimum atomic E-state index is -4.46. The summed E-state index contributed by atoms with van der Waals surface area (Å²) in [5.74, 6) is 0.496. The van der Waals surface area contributed by atoms with E-state index in [2.05, 4.69) is 9.71 Å². The van der Waals surface area contributed by atoms with Crippen LogP contribution in [-0.4, -0.2) is 70.4 Å². The number of nitrogens with one attached hydrogen (secondary N) is 1. The first-order valence-corrected chi connectivity index (χ1v) is 14.8. The Labute approximate surface area is 199 Å². The number of halogens is 3. The molecule has 0 spiro atoms. The van der Waals surface area contributed by atoms with E-state index in [9.17, 15) is 30.0 Å². The summed E-state index contributed by atoms with van der Waals surface area (Å²) >= 11 is 0. The van der Waals surface area contributed by atoms with E-state index in [1.165, 1.54) is 10.4 Å². The van der Waals surface area contributed by atoms with Crippen molar-refractivity contribution >= 4 is 25.9 Å². The molecule has 34 heavy (non-hydrogen) atoms. The Morgan fingerprint density at radius 2 is 1.76 bits per heavy atom. The summed E-state index contributed by atoms with van der Waals surface area (Å²) in [5.41, 5.74) is -1.84. The van der Waals surface area contributed by atoms with Crippen molar-refractivity contribution in [1.82, 2.24) is 14.0 Å². The van der Waals surface area contributed by atoms with Gasteiger partial charge in [0.25, 0.3) is 0 Å². The van der Waals surface area contributed by atoms with Crippen LogP contribution >= 0.6 is 0 Å². The van der Waals surface area contributed by atoms with Gasteiger partial charge >= 0.3 is 6.18 Å². The summed E-state index contributed by atoms with van der Waals surface area (Å²) in [6, 6.07) is 1.84. The number of fused-ring (bicyclic) bond motifs is 2. The maximum Gasteiger partial charge on any atom is 0.417 e. The zero-order valence-electron chi connectivity index (χ0n) is 19.5. The van der Waals surface area contributed by atoms with Gasteiger partial charge in [0, 0.05) is 43.8 Å². The van der Waals surface area contributed by atoms with Gasteiger partial charge in [0.05, 0.1) is 17.6 Å². The summed E-state index contributed by atoms with van der Waals surface area (Å²) in [5, 5.41) is 0. The molecule has 1 saturated heterocycles. The zero-order valence-corrected chi connectivity index (χ0v) is 21.1. The van der Waals surface area contributed by atoms with Crippen molar-refractivity contribution in [3.63, 3.8) is 0 Å². The zero-order chi connectivity index (χ0) is 25.2. The van der Waals surface area contributed by atoms with Crippen molar-refractivity contribution in [2.45, 2.75) is 45.3 Å². The van der Waals surface area contributed by atoms with Crippen LogP contribution in [0.4, 0.5) is 19.0 Å². The van der Waals surface area contributed by atoms with Gasteiger partial charge in [-0.25, -0.2) is 26.5 Å². The van der Waals surface area contributed by atoms with E-state index < -0.39 is 43.2 Å². The van der Waals surface area contributed by atoms with Crippen LogP contribution in [0.5, 0.6) is 0 Å². The Hall–Kier alpha value is -1.44. The predicted octanol–water partition coefficient (Wildman–Crippen LogP) is 2.30. The van der Waals surface area contributed by atoms with Crippen LogP contribution in [0.1, 0.15) is 38.7 Å². The number of hydrogen-bond donors (Lipinski definition) is 1. The summed E-state index contributed by atoms with van der Waals surface area (Å²) in [4.78, 5) is 5.67. The average Bonchev–Trinajstić information content (AvgIpc) is 3.07. The van der Waals surface area contributed by atoms with Gasteiger partial charge in [-0.2, -0.15) is 17.5 Å². The fourth-order valence-electron chi connectivity index (χ4n) is 6.20. The van der Waals surface area contributed by atoms with E-state index in [1.807, 2.05) is 13.8 Å². The van der Waals surface area contributed by atoms with Crippen LogP contribution in [0.15, 0.2) is 18.3 Å². The quantitative estimate of drug-likeness (QED) is 0.613. The SMILES string of the molecule is CC1(C)[C@@H]2CC[C@@]1(CS(=O)(=O)N1CCN(c3ccc(C(F)(F)F)cn3)CC1)C(NS(C)(=O)=O)C2. The molecule has 1 aromatic rings. The van der Waals surface area contributed by atoms with Gasteiger partial charge in [-0.05, 0) is 42.7 Å². The summed E-state index contributed by atoms with van der Waals surface area (Å²) in [7, 11) is -7.19. The molecular formula is C21H31F3N4O4S2. The molecule has 3 fully saturated rings. The number of anilines is 1. The second kappa shape index (κ2) is 8.31. The number of pyridine rings is 1. The first-order valence-electron chi connectivity index (χ1n) is 11.3. The first kappa shape index (κ1) is 25.6. The number of aromatic nitrogens is 1. The number of piperazine rings is 1. The van der Waals surface area contributed by atoms with Gasteiger partial charge in [0.2, 0.25) is 20.0 Å². The summed E-state index contributed by atoms with van der Waals surface area (Å²) in [6.45, 7) is 5.07. The van der Waals surface area contributed by atoms with Crippen LogP contribution < -0.4 is 9.62 Å². The Morgan fingerprint density at radius 3 is 2.26 bits per heavy atom. The highest BCUT2D eigenvalue weighted by Gasteiger charge is 2.66. The molecule has 0 radical (unpaired) electrons. The number of alkyl halides is 3. The molecular weight excluding hydrogens is 493 g/mol. The third-order valence-corrected chi connectivity index (χ3v) is 11.0. The highest BCUT2D eigenvalue weighted by atomic mass is 32.2. The topological polar surface area (TPSA) is 99.7 Å². The molecule has 192 valence electrons. The van der Waals surface area contributed by atoms with Gasteiger partial charge in [-0.1, -0.05) is 13.8 Å². The van der Waals surface area contributed by atoms with Crippen LogP contribution in [0.25, 0.3) is 0 Å². The molecule has 2 saturated carbocycles. The Bertz CT molecular complexity index is 1130. The first-order chi connectivity index (χ1) is 15.6. The van der Waals surface area contributed by atoms with Crippen molar-refractivity contribution in [3.05, 3.63) is 23.9 Å². The van der Waals surface area contributed by atoms with Crippen LogP contribution in [0, 0.1) is 16.7 Å². The molecule has 2 aliphatic carbocycles. The van der Waals surface area contributed by atoms with Crippen molar-refractivity contribution in [1.29, 1.82) is 0 Å². The van der Waals surface area contributed by atoms with Crippen LogP contribution in [0.2, 0.25) is 0 Å². The monoisotopic (exact) mass is 524 g/mol. The van der Waals surface area contributed by atoms with E-state index in [0.717, 1.165) is 24.9 Å². The lowest BCUT2D eigenvalue weighted by atomic mass is 9.69. The third-order valence-electron chi connectivity index (χ3n) is 8.26. The molecule has 3 aliphatic rings. The smallest absolute Gasteiger partial charge is 0.354 e. The van der Waals surface area contributed by atoms with Gasteiger partial charge in [0.15, 0.2) is 0 Å². The summed E-state index contributed by atoms with van der Waals surface area (Å²) in [6.07, 6.45) is -0.434. The highest BCUT2D eigenvalue weighted by Crippen LogP contribution is 2.66. The largest absolute Gasteiger partial charge is 0.417 e. The average molecular weight is 525 g/mol. The van der Waals surface area contributed by atoms with E-state index >= 15 is 0 Å². The highest BCUT2D eigenvalue weighted by molar-refractivity contribution is 7.89. The normalized spacial score (nSPS) is 30.1. The van der Waals surface area contributed by atoms with E-state index in [4.69, 9.17) is 0 Å². The molecule has 0 amide bonds. The van der Waals surface area contributed by atoms with Crippen molar-refractivity contribution in [3.8, 4) is 0 Å². The van der Waals surface area contributed by atoms with E-state index in [0.29, 0.717) is 31.7 Å². The van der Waals surface area contributed by atoms with Crippen LogP contribution in [0.3, 0.4) is 0 Å². The molecule has 13 heteroatoms. The minimum absolute atomic E-state index is 0.130. The molecule has 8 nitrogen and oxygen atoms in total. The number of rotatable bonds is 6. The maximum atomic E-state index is 13.5. The lowest BCUT2D eigenvalue weighted by Gasteiger charge is -2.44. The predicted molar refractivity (Wildman–Crippen MR) is 122 cm³/mol. The minimum Gasteiger partial charge on any atom is -0.354 e. The summed E-state index contributed by atoms with van der Waals surface area (Å²) < 4.78 is 93.5. The number of nitrogens with zero attached hydrogens (tertiary/aromatic N) is 3. The van der Waals surface area contributed by atoms with Gasteiger partial charge < -0.3 is 4.90 Å². The van der Waals surface area contributed by atoms with Crippen molar-refractivity contribution in [2.75, 3.05) is 43.1 Å². The number of hydrogen-bond acceptors (Lipinski definition) is 6. The van der Waals surface area contributed by atoms with E-state index in [-0.39, 0.29) is 30.2 Å². The third kappa shape index (κ3) is 4.56. The molecule has 1 unspecified atom stereocenters. The number of sulfonamides is 2. The fourth-order valence-corrected chi connectivity index (χ4v) is 9.31. The lowest BCUT2D eigenvalue weighted by molar-refractivity contribution is -0.137. The fraction of sp³-hybridized carbons (Fsp3) is 0.762. The molecule has 3 atom stereocenters. The second-order valence-corrected chi connectivity index (χ2v) is 14.1. The van der Waals surface area contributed by atoms with Crippen molar-refractivity contribution < 1.29 is 30.0 Å². The Morgan fingerprint density at radius 1 is 1.12 bits per heavy atom.